The normalized spacial score (nSPS) is 21.2. The Kier molecular flexibility index (Phi) is 7.52. The van der Waals surface area contributed by atoms with Crippen LogP contribution in [0.5, 0.6) is 5.75 Å². The standard InChI is InChI=1S/C36H40N10O2/c1-4-24-19-44(21(2)31(24)38)36(47)26-10-28-32(30(12-26)48-3)46(18-23-15-43(16-23)33-27(13-37)14-39-20-41-33)35(42-28)29-11-25-6-5-9-40-34(25)45(29)17-22-7-8-22/h5-6,9-12,14,20-24,31H,4,7-8,15-19,38H2,1-3H3/t21?,24?,31-/m0/s1. The van der Waals surface area contributed by atoms with Gasteiger partial charge in [-0.2, -0.15) is 5.26 Å². The Labute approximate surface area is 279 Å². The van der Waals surface area contributed by atoms with E-state index in [2.05, 4.69) is 49.1 Å². The minimum absolute atomic E-state index is 0.0500. The Bertz CT molecular complexity index is 2070. The van der Waals surface area contributed by atoms with Crippen molar-refractivity contribution in [2.45, 2.75) is 58.3 Å². The number of amides is 1. The van der Waals surface area contributed by atoms with Crippen LogP contribution in [0.2, 0.25) is 0 Å². The monoisotopic (exact) mass is 644 g/mol. The Morgan fingerprint density at radius 3 is 2.65 bits per heavy atom. The zero-order valence-electron chi connectivity index (χ0n) is 27.6. The number of anilines is 1. The topological polar surface area (TPSA) is 144 Å². The number of ether oxygens (including phenoxy) is 1. The van der Waals surface area contributed by atoms with Gasteiger partial charge in [-0.15, -0.1) is 0 Å². The van der Waals surface area contributed by atoms with E-state index in [1.54, 1.807) is 13.3 Å². The fraction of sp³-hybridized carbons (Fsp3) is 0.444. The van der Waals surface area contributed by atoms with Crippen molar-refractivity contribution in [3.05, 3.63) is 60.2 Å². The molecule has 3 aliphatic rings. The average molecular weight is 645 g/mol. The number of imidazole rings is 1. The molecule has 1 aromatic carbocycles. The predicted molar refractivity (Wildman–Crippen MR) is 182 cm³/mol. The van der Waals surface area contributed by atoms with Gasteiger partial charge in [0.15, 0.2) is 5.82 Å². The van der Waals surface area contributed by atoms with Crippen molar-refractivity contribution in [1.82, 2.24) is 34.0 Å². The molecule has 1 amide bonds. The molecule has 3 fully saturated rings. The van der Waals surface area contributed by atoms with Crippen LogP contribution in [0.25, 0.3) is 33.6 Å². The second kappa shape index (κ2) is 11.9. The van der Waals surface area contributed by atoms with Gasteiger partial charge >= 0.3 is 0 Å². The van der Waals surface area contributed by atoms with Gasteiger partial charge in [-0.25, -0.2) is 19.9 Å². The van der Waals surface area contributed by atoms with Crippen LogP contribution in [-0.2, 0) is 13.1 Å². The largest absolute Gasteiger partial charge is 0.494 e. The predicted octanol–water partition coefficient (Wildman–Crippen LogP) is 4.47. The Morgan fingerprint density at radius 2 is 1.92 bits per heavy atom. The Morgan fingerprint density at radius 1 is 1.10 bits per heavy atom. The molecule has 12 nitrogen and oxygen atoms in total. The number of hydrogen-bond donors (Lipinski definition) is 1. The molecule has 2 unspecified atom stereocenters. The molecule has 48 heavy (non-hydrogen) atoms. The number of hydrogen-bond acceptors (Lipinski definition) is 9. The minimum atomic E-state index is -0.0547. The molecule has 246 valence electrons. The average Bonchev–Trinajstić information content (AvgIpc) is 3.65. The number of nitrogens with two attached hydrogens (primary N) is 1. The lowest BCUT2D eigenvalue weighted by Gasteiger charge is -2.40. The van der Waals surface area contributed by atoms with Gasteiger partial charge < -0.3 is 29.4 Å². The molecule has 2 saturated heterocycles. The third-order valence-corrected chi connectivity index (χ3v) is 10.6. The van der Waals surface area contributed by atoms with Gasteiger partial charge in [0, 0.05) is 67.9 Å². The Hall–Kier alpha value is -5.02. The van der Waals surface area contributed by atoms with E-state index in [1.807, 2.05) is 36.2 Å². The third-order valence-electron chi connectivity index (χ3n) is 10.6. The third kappa shape index (κ3) is 5.04. The SMILES string of the molecule is CCC1CN(C(=O)c2cc(OC)c3c(c2)nc(-c2cc4cccnc4n2CC2CC2)n3CC2CN(c3ncncc3C#N)C2)C(C)[C@@H]1N. The quantitative estimate of drug-likeness (QED) is 0.246. The summed E-state index contributed by atoms with van der Waals surface area (Å²) in [5, 5.41) is 10.7. The van der Waals surface area contributed by atoms with Crippen LogP contribution in [0.3, 0.4) is 0 Å². The van der Waals surface area contributed by atoms with Gasteiger partial charge in [0.2, 0.25) is 0 Å². The van der Waals surface area contributed by atoms with Gasteiger partial charge in [0.25, 0.3) is 5.91 Å². The number of methoxy groups -OCH3 is 1. The summed E-state index contributed by atoms with van der Waals surface area (Å²) in [5.74, 6) is 3.22. The summed E-state index contributed by atoms with van der Waals surface area (Å²) in [4.78, 5) is 36.5. The summed E-state index contributed by atoms with van der Waals surface area (Å²) >= 11 is 0. The van der Waals surface area contributed by atoms with Crippen molar-refractivity contribution in [2.24, 2.45) is 23.5 Å². The van der Waals surface area contributed by atoms with E-state index in [0.717, 1.165) is 54.1 Å². The maximum absolute atomic E-state index is 14.0. The van der Waals surface area contributed by atoms with Crippen molar-refractivity contribution in [1.29, 1.82) is 5.26 Å². The number of pyridine rings is 1. The number of nitriles is 1. The first-order valence-corrected chi connectivity index (χ1v) is 16.9. The molecular weight excluding hydrogens is 604 g/mol. The van der Waals surface area contributed by atoms with Crippen LogP contribution in [0.1, 0.15) is 49.0 Å². The van der Waals surface area contributed by atoms with Crippen LogP contribution in [0, 0.1) is 29.1 Å². The first-order valence-electron chi connectivity index (χ1n) is 16.9. The zero-order valence-corrected chi connectivity index (χ0v) is 27.6. The number of fused-ring (bicyclic) bond motifs is 2. The second-order valence-electron chi connectivity index (χ2n) is 13.7. The maximum Gasteiger partial charge on any atom is 0.254 e. The molecule has 6 heterocycles. The highest BCUT2D eigenvalue weighted by atomic mass is 16.5. The second-order valence-corrected chi connectivity index (χ2v) is 13.7. The smallest absolute Gasteiger partial charge is 0.254 e. The van der Waals surface area contributed by atoms with Gasteiger partial charge in [-0.3, -0.25) is 4.79 Å². The number of aromatic nitrogens is 6. The van der Waals surface area contributed by atoms with Crippen LogP contribution in [0.15, 0.2) is 49.1 Å². The van der Waals surface area contributed by atoms with Gasteiger partial charge in [-0.05, 0) is 61.9 Å². The highest BCUT2D eigenvalue weighted by Crippen LogP contribution is 2.39. The van der Waals surface area contributed by atoms with Gasteiger partial charge in [0.05, 0.1) is 24.5 Å². The van der Waals surface area contributed by atoms with E-state index in [-0.39, 0.29) is 29.8 Å². The number of carbonyl (C=O) groups excluding carboxylic acids is 1. The molecule has 0 radical (unpaired) electrons. The van der Waals surface area contributed by atoms with E-state index in [1.165, 1.54) is 19.2 Å². The molecule has 1 aliphatic carbocycles. The minimum Gasteiger partial charge on any atom is -0.494 e. The van der Waals surface area contributed by atoms with Crippen molar-refractivity contribution in [2.75, 3.05) is 31.6 Å². The van der Waals surface area contributed by atoms with E-state index in [4.69, 9.17) is 20.4 Å². The molecule has 5 aromatic rings. The van der Waals surface area contributed by atoms with E-state index in [0.29, 0.717) is 47.2 Å². The van der Waals surface area contributed by atoms with Crippen LogP contribution in [0.4, 0.5) is 5.82 Å². The van der Waals surface area contributed by atoms with Crippen LogP contribution in [-0.4, -0.2) is 78.7 Å². The summed E-state index contributed by atoms with van der Waals surface area (Å²) in [5.41, 5.74) is 11.1. The van der Waals surface area contributed by atoms with Crippen LogP contribution < -0.4 is 15.4 Å². The Balaban J connectivity index is 1.22. The van der Waals surface area contributed by atoms with Crippen molar-refractivity contribution in [3.8, 4) is 23.3 Å². The number of likely N-dealkylation sites (tertiary alicyclic amines) is 1. The summed E-state index contributed by atoms with van der Waals surface area (Å²) in [7, 11) is 1.65. The lowest BCUT2D eigenvalue weighted by molar-refractivity contribution is 0.0739. The van der Waals surface area contributed by atoms with E-state index in [9.17, 15) is 10.1 Å². The molecule has 0 bridgehead atoms. The van der Waals surface area contributed by atoms with E-state index >= 15 is 0 Å². The van der Waals surface area contributed by atoms with Crippen molar-refractivity contribution < 1.29 is 9.53 Å². The number of rotatable bonds is 9. The molecule has 2 N–H and O–H groups in total. The first kappa shape index (κ1) is 30.3. The number of carbonyl (C=O) groups is 1. The molecule has 8 rings (SSSR count). The first-order chi connectivity index (χ1) is 23.4. The number of benzene rings is 1. The fourth-order valence-corrected chi connectivity index (χ4v) is 7.65. The zero-order chi connectivity index (χ0) is 33.1. The van der Waals surface area contributed by atoms with Crippen LogP contribution >= 0.6 is 0 Å². The van der Waals surface area contributed by atoms with Gasteiger partial charge in [-0.1, -0.05) is 13.3 Å². The highest BCUT2D eigenvalue weighted by Gasteiger charge is 2.39. The summed E-state index contributed by atoms with van der Waals surface area (Å²) in [6, 6.07) is 12.1. The summed E-state index contributed by atoms with van der Waals surface area (Å²) < 4.78 is 10.6. The number of nitrogens with zero attached hydrogens (tertiary/aromatic N) is 9. The van der Waals surface area contributed by atoms with Crippen molar-refractivity contribution >= 4 is 33.8 Å². The molecule has 12 heteroatoms. The summed E-state index contributed by atoms with van der Waals surface area (Å²) in [6.45, 7) is 7.84. The molecule has 4 aromatic heterocycles. The molecule has 2 aliphatic heterocycles. The molecular formula is C36H40N10O2. The molecule has 1 saturated carbocycles. The van der Waals surface area contributed by atoms with E-state index < -0.39 is 0 Å². The fourth-order valence-electron chi connectivity index (χ4n) is 7.65. The van der Waals surface area contributed by atoms with Crippen molar-refractivity contribution in [3.63, 3.8) is 0 Å². The summed E-state index contributed by atoms with van der Waals surface area (Å²) in [6.07, 6.45) is 8.25. The maximum atomic E-state index is 14.0. The lowest BCUT2D eigenvalue weighted by atomic mass is 9.98. The lowest BCUT2D eigenvalue weighted by Crippen LogP contribution is -2.49. The molecule has 3 atom stereocenters. The molecule has 0 spiro atoms. The van der Waals surface area contributed by atoms with Gasteiger partial charge in [0.1, 0.15) is 40.7 Å². The highest BCUT2D eigenvalue weighted by molar-refractivity contribution is 6.00.